The molecule has 1 fully saturated rings. The average Bonchev–Trinajstić information content (AvgIpc) is 3.06. The third kappa shape index (κ3) is 4.27. The van der Waals surface area contributed by atoms with Gasteiger partial charge in [0.05, 0.1) is 12.8 Å². The third-order valence-corrected chi connectivity index (χ3v) is 4.40. The third-order valence-electron chi connectivity index (χ3n) is 2.93. The summed E-state index contributed by atoms with van der Waals surface area (Å²) in [6.07, 6.45) is 4.41. The van der Waals surface area contributed by atoms with Crippen LogP contribution < -0.4 is 4.72 Å². The van der Waals surface area contributed by atoms with Crippen LogP contribution in [-0.2, 0) is 21.4 Å². The van der Waals surface area contributed by atoms with Crippen molar-refractivity contribution in [3.05, 3.63) is 11.8 Å². The molecule has 108 valence electrons. The Kier molecular flexibility index (Phi) is 4.92. The van der Waals surface area contributed by atoms with Crippen molar-refractivity contribution < 1.29 is 18.3 Å². The van der Waals surface area contributed by atoms with E-state index in [9.17, 15) is 8.42 Å². The zero-order chi connectivity index (χ0) is 13.7. The van der Waals surface area contributed by atoms with Crippen molar-refractivity contribution in [1.29, 1.82) is 0 Å². The number of aliphatic hydroxyl groups excluding tert-OH is 1. The summed E-state index contributed by atoms with van der Waals surface area (Å²) in [7, 11) is -3.63. The van der Waals surface area contributed by atoms with Gasteiger partial charge in [-0.2, -0.15) is 5.10 Å². The predicted octanol–water partition coefficient (Wildman–Crippen LogP) is -0.00300. The molecule has 1 aromatic rings. The number of H-pyrrole nitrogens is 1. The summed E-state index contributed by atoms with van der Waals surface area (Å²) >= 11 is 0. The first-order valence-corrected chi connectivity index (χ1v) is 7.82. The Hall–Kier alpha value is -0.960. The van der Waals surface area contributed by atoms with Gasteiger partial charge in [-0.05, 0) is 25.2 Å². The van der Waals surface area contributed by atoms with Crippen molar-refractivity contribution in [3.8, 4) is 0 Å². The quantitative estimate of drug-likeness (QED) is 0.555. The van der Waals surface area contributed by atoms with Crippen LogP contribution in [0.4, 0.5) is 0 Å². The maximum atomic E-state index is 11.9. The molecule has 1 aliphatic rings. The van der Waals surface area contributed by atoms with Crippen LogP contribution in [0.1, 0.15) is 24.8 Å². The molecule has 0 amide bonds. The van der Waals surface area contributed by atoms with Crippen LogP contribution in [0.2, 0.25) is 0 Å². The lowest BCUT2D eigenvalue weighted by Crippen LogP contribution is -2.26. The molecule has 1 aliphatic carbocycles. The van der Waals surface area contributed by atoms with Crippen LogP contribution >= 0.6 is 0 Å². The monoisotopic (exact) mass is 289 g/mol. The van der Waals surface area contributed by atoms with Crippen molar-refractivity contribution in [2.24, 2.45) is 5.92 Å². The van der Waals surface area contributed by atoms with E-state index in [0.29, 0.717) is 25.5 Å². The maximum Gasteiger partial charge on any atom is 0.257 e. The highest BCUT2D eigenvalue weighted by atomic mass is 32.2. The molecule has 1 aromatic heterocycles. The van der Waals surface area contributed by atoms with Crippen LogP contribution in [-0.4, -0.2) is 43.5 Å². The van der Waals surface area contributed by atoms with Crippen molar-refractivity contribution >= 4 is 10.0 Å². The SMILES string of the molecule is O=S(=O)(NCCCOCC1CC1)c1[nH]ncc1CO. The molecule has 0 radical (unpaired) electrons. The fraction of sp³-hybridized carbons (Fsp3) is 0.727. The van der Waals surface area contributed by atoms with E-state index in [1.165, 1.54) is 19.0 Å². The summed E-state index contributed by atoms with van der Waals surface area (Å²) in [5.41, 5.74) is 0.262. The van der Waals surface area contributed by atoms with Crippen LogP contribution in [0, 0.1) is 5.92 Å². The van der Waals surface area contributed by atoms with Gasteiger partial charge in [0.2, 0.25) is 0 Å². The molecule has 0 aliphatic heterocycles. The second kappa shape index (κ2) is 6.47. The van der Waals surface area contributed by atoms with Crippen LogP contribution in [0.3, 0.4) is 0 Å². The second-order valence-corrected chi connectivity index (χ2v) is 6.36. The number of nitrogens with one attached hydrogen (secondary N) is 2. The van der Waals surface area contributed by atoms with Gasteiger partial charge in [0.1, 0.15) is 0 Å². The highest BCUT2D eigenvalue weighted by molar-refractivity contribution is 7.89. The van der Waals surface area contributed by atoms with Crippen molar-refractivity contribution in [1.82, 2.24) is 14.9 Å². The molecule has 2 rings (SSSR count). The van der Waals surface area contributed by atoms with Gasteiger partial charge in [-0.15, -0.1) is 0 Å². The lowest BCUT2D eigenvalue weighted by molar-refractivity contribution is 0.123. The molecule has 0 aromatic carbocycles. The zero-order valence-corrected chi connectivity index (χ0v) is 11.4. The average molecular weight is 289 g/mol. The molecule has 1 saturated carbocycles. The first kappa shape index (κ1) is 14.4. The van der Waals surface area contributed by atoms with Gasteiger partial charge in [0.25, 0.3) is 10.0 Å². The molecule has 0 bridgehead atoms. The number of hydrogen-bond acceptors (Lipinski definition) is 5. The lowest BCUT2D eigenvalue weighted by atomic mass is 10.4. The van der Waals surface area contributed by atoms with Gasteiger partial charge in [-0.3, -0.25) is 5.10 Å². The van der Waals surface area contributed by atoms with E-state index in [-0.39, 0.29) is 17.2 Å². The molecule has 1 heterocycles. The number of hydrogen-bond donors (Lipinski definition) is 3. The van der Waals surface area contributed by atoms with Gasteiger partial charge in [-0.1, -0.05) is 0 Å². The summed E-state index contributed by atoms with van der Waals surface area (Å²) in [5, 5.41) is 14.9. The van der Waals surface area contributed by atoms with Crippen molar-refractivity contribution in [2.75, 3.05) is 19.8 Å². The van der Waals surface area contributed by atoms with Crippen molar-refractivity contribution in [3.63, 3.8) is 0 Å². The number of aromatic nitrogens is 2. The Labute approximate surface area is 112 Å². The molecule has 8 heteroatoms. The fourth-order valence-electron chi connectivity index (χ4n) is 1.63. The normalized spacial score (nSPS) is 15.8. The molecule has 7 nitrogen and oxygen atoms in total. The molecule has 0 saturated heterocycles. The number of rotatable bonds is 9. The van der Waals surface area contributed by atoms with E-state index >= 15 is 0 Å². The summed E-state index contributed by atoms with van der Waals surface area (Å²) in [6.45, 7) is 1.27. The number of nitrogens with zero attached hydrogens (tertiary/aromatic N) is 1. The first-order chi connectivity index (χ1) is 9.13. The Morgan fingerprint density at radius 3 is 3.00 bits per heavy atom. The minimum atomic E-state index is -3.63. The van der Waals surface area contributed by atoms with Gasteiger partial charge < -0.3 is 9.84 Å². The molecule has 0 spiro atoms. The predicted molar refractivity (Wildman–Crippen MR) is 67.9 cm³/mol. The van der Waals surface area contributed by atoms with Crippen LogP contribution in [0.25, 0.3) is 0 Å². The summed E-state index contributed by atoms with van der Waals surface area (Å²) in [6, 6.07) is 0. The molecule has 19 heavy (non-hydrogen) atoms. The summed E-state index contributed by atoms with van der Waals surface area (Å²) < 4.78 is 31.6. The van der Waals surface area contributed by atoms with E-state index < -0.39 is 10.0 Å². The van der Waals surface area contributed by atoms with E-state index in [2.05, 4.69) is 14.9 Å². The number of ether oxygens (including phenoxy) is 1. The number of sulfonamides is 1. The van der Waals surface area contributed by atoms with E-state index in [1.807, 2.05) is 0 Å². The summed E-state index contributed by atoms with van der Waals surface area (Å²) in [5.74, 6) is 0.716. The Balaban J connectivity index is 1.71. The second-order valence-electron chi connectivity index (χ2n) is 4.65. The molecule has 3 N–H and O–H groups in total. The molecular weight excluding hydrogens is 270 g/mol. The molecular formula is C11H19N3O4S. The first-order valence-electron chi connectivity index (χ1n) is 6.34. The fourth-order valence-corrected chi connectivity index (χ4v) is 2.82. The Bertz CT molecular complexity index is 496. The topological polar surface area (TPSA) is 104 Å². The van der Waals surface area contributed by atoms with Crippen molar-refractivity contribution in [2.45, 2.75) is 30.9 Å². The highest BCUT2D eigenvalue weighted by Crippen LogP contribution is 2.28. The van der Waals surface area contributed by atoms with E-state index in [4.69, 9.17) is 9.84 Å². The Morgan fingerprint density at radius 2 is 2.32 bits per heavy atom. The largest absolute Gasteiger partial charge is 0.392 e. The van der Waals surface area contributed by atoms with Gasteiger partial charge in [0, 0.05) is 25.3 Å². The lowest BCUT2D eigenvalue weighted by Gasteiger charge is -2.06. The molecule has 0 unspecified atom stereocenters. The minimum absolute atomic E-state index is 0.0751. The highest BCUT2D eigenvalue weighted by Gasteiger charge is 2.21. The zero-order valence-electron chi connectivity index (χ0n) is 10.6. The van der Waals surface area contributed by atoms with Gasteiger partial charge in [-0.25, -0.2) is 13.1 Å². The van der Waals surface area contributed by atoms with E-state index in [0.717, 1.165) is 6.61 Å². The standard InChI is InChI=1S/C11H19N3O4S/c15-7-10-6-12-14-11(10)19(16,17)13-4-1-5-18-8-9-2-3-9/h6,9,13,15H,1-5,7-8H2,(H,12,14). The minimum Gasteiger partial charge on any atom is -0.392 e. The van der Waals surface area contributed by atoms with Crippen LogP contribution in [0.5, 0.6) is 0 Å². The number of aromatic amines is 1. The van der Waals surface area contributed by atoms with Crippen LogP contribution in [0.15, 0.2) is 11.2 Å². The maximum absolute atomic E-state index is 11.9. The molecule has 0 atom stereocenters. The summed E-state index contributed by atoms with van der Waals surface area (Å²) in [4.78, 5) is 0. The van der Waals surface area contributed by atoms with Gasteiger partial charge >= 0.3 is 0 Å². The Morgan fingerprint density at radius 1 is 1.53 bits per heavy atom. The smallest absolute Gasteiger partial charge is 0.257 e. The van der Waals surface area contributed by atoms with E-state index in [1.54, 1.807) is 0 Å². The number of aliphatic hydroxyl groups is 1. The van der Waals surface area contributed by atoms with Gasteiger partial charge in [0.15, 0.2) is 5.03 Å².